The summed E-state index contributed by atoms with van der Waals surface area (Å²) in [4.78, 5) is 25.8. The Hall–Kier alpha value is -2.24. The number of benzene rings is 1. The smallest absolute Gasteiger partial charge is 0.315 e. The van der Waals surface area contributed by atoms with Gasteiger partial charge in [-0.25, -0.2) is 4.79 Å². The lowest BCUT2D eigenvalue weighted by Crippen LogP contribution is -2.46. The van der Waals surface area contributed by atoms with Crippen LogP contribution in [0.15, 0.2) is 24.3 Å². The Morgan fingerprint density at radius 3 is 2.48 bits per heavy atom. The lowest BCUT2D eigenvalue weighted by molar-refractivity contribution is -0.128. The van der Waals surface area contributed by atoms with Crippen LogP contribution in [0.2, 0.25) is 0 Å². The van der Waals surface area contributed by atoms with Gasteiger partial charge in [-0.15, -0.1) is 0 Å². The number of nitrogens with zero attached hydrogens (tertiary/aromatic N) is 1. The molecular formula is C17H23N3O3. The molecule has 2 unspecified atom stereocenters. The van der Waals surface area contributed by atoms with Crippen LogP contribution in [-0.4, -0.2) is 43.6 Å². The highest BCUT2D eigenvalue weighted by Crippen LogP contribution is 2.41. The lowest BCUT2D eigenvalue weighted by atomic mass is 10.0. The minimum Gasteiger partial charge on any atom is -0.497 e. The molecule has 1 saturated carbocycles. The van der Waals surface area contributed by atoms with Gasteiger partial charge in [-0.2, -0.15) is 0 Å². The van der Waals surface area contributed by atoms with Gasteiger partial charge >= 0.3 is 6.03 Å². The van der Waals surface area contributed by atoms with Crippen LogP contribution in [0.1, 0.15) is 30.9 Å². The fourth-order valence-corrected chi connectivity index (χ4v) is 3.01. The summed E-state index contributed by atoms with van der Waals surface area (Å²) in [7, 11) is 3.39. The molecule has 3 amide bonds. The third kappa shape index (κ3) is 3.57. The van der Waals surface area contributed by atoms with E-state index in [0.29, 0.717) is 18.9 Å². The third-order valence-electron chi connectivity index (χ3n) is 4.59. The van der Waals surface area contributed by atoms with Gasteiger partial charge in [0.15, 0.2) is 0 Å². The summed E-state index contributed by atoms with van der Waals surface area (Å²) in [6, 6.07) is 7.07. The topological polar surface area (TPSA) is 70.7 Å². The monoisotopic (exact) mass is 317 g/mol. The van der Waals surface area contributed by atoms with E-state index in [0.717, 1.165) is 24.2 Å². The molecule has 1 aromatic carbocycles. The zero-order valence-electron chi connectivity index (χ0n) is 13.5. The Morgan fingerprint density at radius 1 is 1.26 bits per heavy atom. The van der Waals surface area contributed by atoms with Crippen LogP contribution in [0.4, 0.5) is 4.79 Å². The molecule has 6 heteroatoms. The number of amides is 3. The highest BCUT2D eigenvalue weighted by atomic mass is 16.5. The van der Waals surface area contributed by atoms with Crippen molar-refractivity contribution in [3.8, 4) is 5.75 Å². The molecule has 3 rings (SSSR count). The minimum absolute atomic E-state index is 0.0184. The van der Waals surface area contributed by atoms with E-state index in [9.17, 15) is 9.59 Å². The average molecular weight is 317 g/mol. The Balaban J connectivity index is 1.63. The largest absolute Gasteiger partial charge is 0.497 e. The molecule has 124 valence electrons. The summed E-state index contributed by atoms with van der Waals surface area (Å²) in [5.41, 5.74) is 1.07. The average Bonchev–Trinajstić information content (AvgIpc) is 3.36. The maximum atomic E-state index is 12.3. The summed E-state index contributed by atoms with van der Waals surface area (Å²) < 4.78 is 5.17. The van der Waals surface area contributed by atoms with Gasteiger partial charge in [-0.3, -0.25) is 4.79 Å². The fourth-order valence-electron chi connectivity index (χ4n) is 3.01. The molecule has 23 heavy (non-hydrogen) atoms. The number of nitrogens with one attached hydrogen (secondary N) is 2. The minimum atomic E-state index is -0.407. The molecular weight excluding hydrogens is 294 g/mol. The number of rotatable bonds is 5. The Morgan fingerprint density at radius 2 is 1.96 bits per heavy atom. The van der Waals surface area contributed by atoms with Crippen molar-refractivity contribution in [1.29, 1.82) is 0 Å². The van der Waals surface area contributed by atoms with Crippen LogP contribution in [0, 0.1) is 5.92 Å². The van der Waals surface area contributed by atoms with E-state index in [4.69, 9.17) is 4.74 Å². The van der Waals surface area contributed by atoms with Crippen LogP contribution in [-0.2, 0) is 4.79 Å². The van der Waals surface area contributed by atoms with E-state index in [-0.39, 0.29) is 18.0 Å². The van der Waals surface area contributed by atoms with E-state index in [1.54, 1.807) is 19.1 Å². The molecule has 2 aliphatic rings. The number of carbonyl (C=O) groups is 2. The standard InChI is InChI=1S/C17H23N3O3/c1-20-10-9-14(16(20)21)18-17(22)19-15(11-3-4-11)12-5-7-13(23-2)8-6-12/h5-8,11,14-15H,3-4,9-10H2,1-2H3,(H2,18,19,22). The summed E-state index contributed by atoms with van der Waals surface area (Å²) >= 11 is 0. The van der Waals surface area contributed by atoms with E-state index in [1.165, 1.54) is 0 Å². The van der Waals surface area contributed by atoms with Crippen molar-refractivity contribution in [2.45, 2.75) is 31.3 Å². The van der Waals surface area contributed by atoms with Crippen LogP contribution < -0.4 is 15.4 Å². The zero-order chi connectivity index (χ0) is 16.4. The number of hydrogen-bond acceptors (Lipinski definition) is 3. The zero-order valence-corrected chi connectivity index (χ0v) is 13.5. The van der Waals surface area contributed by atoms with Gasteiger partial charge in [0.05, 0.1) is 13.2 Å². The molecule has 0 bridgehead atoms. The van der Waals surface area contributed by atoms with Crippen LogP contribution in [0.3, 0.4) is 0 Å². The number of hydrogen-bond donors (Lipinski definition) is 2. The quantitative estimate of drug-likeness (QED) is 0.868. The number of likely N-dealkylation sites (tertiary alicyclic amines) is 1. The normalized spacial score (nSPS) is 21.9. The second-order valence-corrected chi connectivity index (χ2v) is 6.31. The molecule has 1 aromatic rings. The third-order valence-corrected chi connectivity index (χ3v) is 4.59. The molecule has 0 aromatic heterocycles. The van der Waals surface area contributed by atoms with Gasteiger partial charge in [0, 0.05) is 13.6 Å². The second kappa shape index (κ2) is 6.48. The molecule has 1 aliphatic carbocycles. The molecule has 2 fully saturated rings. The van der Waals surface area contributed by atoms with Crippen molar-refractivity contribution in [2.24, 2.45) is 5.92 Å². The van der Waals surface area contributed by atoms with Crippen molar-refractivity contribution in [2.75, 3.05) is 20.7 Å². The van der Waals surface area contributed by atoms with Gasteiger partial charge < -0.3 is 20.3 Å². The van der Waals surface area contributed by atoms with Gasteiger partial charge in [0.2, 0.25) is 5.91 Å². The number of carbonyl (C=O) groups excluding carboxylic acids is 2. The van der Waals surface area contributed by atoms with Crippen LogP contribution in [0.25, 0.3) is 0 Å². The van der Waals surface area contributed by atoms with Crippen molar-refractivity contribution in [3.05, 3.63) is 29.8 Å². The number of urea groups is 1. The van der Waals surface area contributed by atoms with E-state index in [2.05, 4.69) is 10.6 Å². The van der Waals surface area contributed by atoms with E-state index in [1.807, 2.05) is 24.3 Å². The number of likely N-dealkylation sites (N-methyl/N-ethyl adjacent to an activating group) is 1. The molecule has 2 atom stereocenters. The van der Waals surface area contributed by atoms with Crippen LogP contribution in [0.5, 0.6) is 5.75 Å². The first-order valence-corrected chi connectivity index (χ1v) is 8.04. The SMILES string of the molecule is COc1ccc(C(NC(=O)NC2CCN(C)C2=O)C2CC2)cc1. The summed E-state index contributed by atoms with van der Waals surface area (Å²) in [6.45, 7) is 0.689. The van der Waals surface area contributed by atoms with Gasteiger partial charge in [-0.1, -0.05) is 12.1 Å². The van der Waals surface area contributed by atoms with E-state index < -0.39 is 6.04 Å². The summed E-state index contributed by atoms with van der Waals surface area (Å²) in [5, 5.41) is 5.83. The Kier molecular flexibility index (Phi) is 4.41. The van der Waals surface area contributed by atoms with Crippen molar-refractivity contribution in [3.63, 3.8) is 0 Å². The first kappa shape index (κ1) is 15.6. The highest BCUT2D eigenvalue weighted by Gasteiger charge is 2.35. The molecule has 1 saturated heterocycles. The fraction of sp³-hybridized carbons (Fsp3) is 0.529. The van der Waals surface area contributed by atoms with Crippen molar-refractivity contribution < 1.29 is 14.3 Å². The van der Waals surface area contributed by atoms with Crippen LogP contribution >= 0.6 is 0 Å². The summed E-state index contributed by atoms with van der Waals surface area (Å²) in [6.07, 6.45) is 2.89. The van der Waals surface area contributed by atoms with Gasteiger partial charge in [-0.05, 0) is 42.9 Å². The first-order chi connectivity index (χ1) is 11.1. The molecule has 6 nitrogen and oxygen atoms in total. The maximum absolute atomic E-state index is 12.3. The molecule has 2 N–H and O–H groups in total. The Labute approximate surface area is 136 Å². The lowest BCUT2D eigenvalue weighted by Gasteiger charge is -2.21. The molecule has 0 radical (unpaired) electrons. The number of ether oxygens (including phenoxy) is 1. The second-order valence-electron chi connectivity index (χ2n) is 6.31. The van der Waals surface area contributed by atoms with Crippen molar-refractivity contribution >= 4 is 11.9 Å². The molecule has 1 heterocycles. The van der Waals surface area contributed by atoms with E-state index >= 15 is 0 Å². The van der Waals surface area contributed by atoms with Gasteiger partial charge in [0.1, 0.15) is 11.8 Å². The molecule has 0 spiro atoms. The molecule has 1 aliphatic heterocycles. The predicted molar refractivity (Wildman–Crippen MR) is 86.2 cm³/mol. The Bertz CT molecular complexity index is 583. The highest BCUT2D eigenvalue weighted by molar-refractivity contribution is 5.88. The van der Waals surface area contributed by atoms with Crippen molar-refractivity contribution in [1.82, 2.24) is 15.5 Å². The maximum Gasteiger partial charge on any atom is 0.315 e. The predicted octanol–water partition coefficient (Wildman–Crippen LogP) is 1.68. The number of methoxy groups -OCH3 is 1. The summed E-state index contributed by atoms with van der Waals surface area (Å²) in [5.74, 6) is 1.25. The van der Waals surface area contributed by atoms with Gasteiger partial charge in [0.25, 0.3) is 0 Å². The first-order valence-electron chi connectivity index (χ1n) is 8.04.